The molecule has 0 spiro atoms. The van der Waals surface area contributed by atoms with Gasteiger partial charge in [0.15, 0.2) is 0 Å². The second kappa shape index (κ2) is 8.95. The van der Waals surface area contributed by atoms with Gasteiger partial charge in [-0.15, -0.1) is 0 Å². The fourth-order valence-electron chi connectivity index (χ4n) is 3.53. The molecule has 1 N–H and O–H groups in total. The Kier molecular flexibility index (Phi) is 6.40. The van der Waals surface area contributed by atoms with E-state index >= 15 is 0 Å². The number of amides is 1. The Bertz CT molecular complexity index is 741. The number of ether oxygens (including phenoxy) is 2. The van der Waals surface area contributed by atoms with Gasteiger partial charge in [-0.25, -0.2) is 9.37 Å². The van der Waals surface area contributed by atoms with E-state index in [1.807, 2.05) is 6.92 Å². The summed E-state index contributed by atoms with van der Waals surface area (Å²) in [7, 11) is 0. The van der Waals surface area contributed by atoms with Crippen molar-refractivity contribution in [3.63, 3.8) is 0 Å². The predicted molar refractivity (Wildman–Crippen MR) is 101 cm³/mol. The first-order chi connectivity index (χ1) is 13.1. The lowest BCUT2D eigenvalue weighted by atomic mass is 9.78. The van der Waals surface area contributed by atoms with Gasteiger partial charge in [0.1, 0.15) is 12.4 Å². The van der Waals surface area contributed by atoms with Crippen molar-refractivity contribution in [2.45, 2.75) is 38.0 Å². The number of nitrogens with zero attached hydrogens (tertiary/aromatic N) is 1. The van der Waals surface area contributed by atoms with Gasteiger partial charge in [-0.3, -0.25) is 4.79 Å². The van der Waals surface area contributed by atoms with Crippen LogP contribution in [0.4, 0.5) is 10.1 Å². The first-order valence-corrected chi connectivity index (χ1v) is 9.38. The molecule has 1 aromatic heterocycles. The van der Waals surface area contributed by atoms with Crippen molar-refractivity contribution in [1.82, 2.24) is 4.98 Å². The van der Waals surface area contributed by atoms with Gasteiger partial charge in [0.25, 0.3) is 0 Å². The summed E-state index contributed by atoms with van der Waals surface area (Å²) in [4.78, 5) is 17.3. The first kappa shape index (κ1) is 19.3. The fraction of sp³-hybridized carbons (Fsp3) is 0.429. The third kappa shape index (κ3) is 4.63. The molecule has 5 nitrogen and oxygen atoms in total. The van der Waals surface area contributed by atoms with Crippen molar-refractivity contribution in [2.75, 3.05) is 25.1 Å². The molecule has 0 radical (unpaired) electrons. The lowest BCUT2D eigenvalue weighted by Gasteiger charge is -2.28. The Morgan fingerprint density at radius 2 is 1.89 bits per heavy atom. The van der Waals surface area contributed by atoms with E-state index in [9.17, 15) is 9.18 Å². The van der Waals surface area contributed by atoms with Crippen LogP contribution in [0.2, 0.25) is 0 Å². The van der Waals surface area contributed by atoms with Crippen LogP contribution in [-0.4, -0.2) is 30.7 Å². The number of nitrogens with one attached hydrogen (secondary N) is 1. The van der Waals surface area contributed by atoms with Crippen LogP contribution in [0.25, 0.3) is 0 Å². The number of benzene rings is 1. The second-order valence-electron chi connectivity index (χ2n) is 6.68. The minimum Gasteiger partial charge on any atom is -0.475 e. The van der Waals surface area contributed by atoms with Gasteiger partial charge in [-0.2, -0.15) is 0 Å². The van der Waals surface area contributed by atoms with Gasteiger partial charge in [0, 0.05) is 12.7 Å². The van der Waals surface area contributed by atoms with Crippen LogP contribution in [-0.2, 0) is 14.9 Å². The molecule has 2 aromatic rings. The Hall–Kier alpha value is -2.47. The van der Waals surface area contributed by atoms with Crippen molar-refractivity contribution < 1.29 is 18.7 Å². The summed E-state index contributed by atoms with van der Waals surface area (Å²) in [5, 5.41) is 2.97. The van der Waals surface area contributed by atoms with Gasteiger partial charge in [0.05, 0.1) is 23.9 Å². The molecule has 1 aliphatic rings. The number of halogens is 1. The van der Waals surface area contributed by atoms with E-state index in [1.54, 1.807) is 30.5 Å². The van der Waals surface area contributed by atoms with Crippen LogP contribution < -0.4 is 10.1 Å². The highest BCUT2D eigenvalue weighted by molar-refractivity contribution is 5.99. The summed E-state index contributed by atoms with van der Waals surface area (Å²) < 4.78 is 24.0. The molecule has 0 saturated heterocycles. The SMILES string of the molecule is CCOCCOc1ccc(NC(=O)C2(c3ccc(F)cc3)CCCC2)cn1. The summed E-state index contributed by atoms with van der Waals surface area (Å²) in [6.07, 6.45) is 5.07. The third-order valence-electron chi connectivity index (χ3n) is 4.96. The van der Waals surface area contributed by atoms with Crippen molar-refractivity contribution in [1.29, 1.82) is 0 Å². The minimum absolute atomic E-state index is 0.0709. The lowest BCUT2D eigenvalue weighted by molar-refractivity contribution is -0.121. The van der Waals surface area contributed by atoms with E-state index < -0.39 is 5.41 Å². The first-order valence-electron chi connectivity index (χ1n) is 9.38. The van der Waals surface area contributed by atoms with Gasteiger partial charge in [-0.1, -0.05) is 25.0 Å². The van der Waals surface area contributed by atoms with Crippen LogP contribution >= 0.6 is 0 Å². The lowest BCUT2D eigenvalue weighted by Crippen LogP contribution is -2.38. The average molecular weight is 372 g/mol. The van der Waals surface area contributed by atoms with Gasteiger partial charge < -0.3 is 14.8 Å². The van der Waals surface area contributed by atoms with Gasteiger partial charge in [0.2, 0.25) is 11.8 Å². The van der Waals surface area contributed by atoms with E-state index in [1.165, 1.54) is 12.1 Å². The zero-order valence-electron chi connectivity index (χ0n) is 15.5. The maximum Gasteiger partial charge on any atom is 0.235 e. The Morgan fingerprint density at radius 3 is 2.52 bits per heavy atom. The Labute approximate surface area is 158 Å². The zero-order chi connectivity index (χ0) is 19.1. The molecular formula is C21H25FN2O3. The highest BCUT2D eigenvalue weighted by Gasteiger charge is 2.42. The second-order valence-corrected chi connectivity index (χ2v) is 6.68. The number of hydrogen-bond donors (Lipinski definition) is 1. The monoisotopic (exact) mass is 372 g/mol. The van der Waals surface area contributed by atoms with Crippen LogP contribution in [0.3, 0.4) is 0 Å². The van der Waals surface area contributed by atoms with Gasteiger partial charge in [-0.05, 0) is 43.5 Å². The number of rotatable bonds is 8. The summed E-state index contributed by atoms with van der Waals surface area (Å²) in [5.74, 6) is 0.122. The molecule has 1 heterocycles. The molecule has 144 valence electrons. The summed E-state index contributed by atoms with van der Waals surface area (Å²) in [6.45, 7) is 3.52. The largest absolute Gasteiger partial charge is 0.475 e. The van der Waals surface area contributed by atoms with Crippen molar-refractivity contribution in [2.24, 2.45) is 0 Å². The predicted octanol–water partition coefficient (Wildman–Crippen LogP) is 4.09. The molecule has 1 aliphatic carbocycles. The number of carbonyl (C=O) groups excluding carboxylic acids is 1. The number of pyridine rings is 1. The van der Waals surface area contributed by atoms with E-state index in [0.29, 0.717) is 31.4 Å². The fourth-order valence-corrected chi connectivity index (χ4v) is 3.53. The van der Waals surface area contributed by atoms with Crippen molar-refractivity contribution in [3.05, 3.63) is 54.0 Å². The van der Waals surface area contributed by atoms with E-state index in [2.05, 4.69) is 10.3 Å². The number of anilines is 1. The third-order valence-corrected chi connectivity index (χ3v) is 4.96. The van der Waals surface area contributed by atoms with Gasteiger partial charge >= 0.3 is 0 Å². The summed E-state index contributed by atoms with van der Waals surface area (Å²) in [5.41, 5.74) is 0.869. The maximum absolute atomic E-state index is 13.3. The van der Waals surface area contributed by atoms with Crippen LogP contribution in [0.15, 0.2) is 42.6 Å². The molecule has 1 saturated carbocycles. The molecule has 0 bridgehead atoms. The molecule has 3 rings (SSSR count). The molecule has 0 unspecified atom stereocenters. The molecule has 1 fully saturated rings. The highest BCUT2D eigenvalue weighted by Crippen LogP contribution is 2.42. The maximum atomic E-state index is 13.3. The van der Waals surface area contributed by atoms with Crippen molar-refractivity contribution >= 4 is 11.6 Å². The summed E-state index contributed by atoms with van der Waals surface area (Å²) >= 11 is 0. The number of aromatic nitrogens is 1. The topological polar surface area (TPSA) is 60.5 Å². The zero-order valence-corrected chi connectivity index (χ0v) is 15.5. The van der Waals surface area contributed by atoms with E-state index in [4.69, 9.17) is 9.47 Å². The molecule has 27 heavy (non-hydrogen) atoms. The highest BCUT2D eigenvalue weighted by atomic mass is 19.1. The number of carbonyl (C=O) groups is 1. The summed E-state index contributed by atoms with van der Waals surface area (Å²) in [6, 6.07) is 9.76. The van der Waals surface area contributed by atoms with Crippen LogP contribution in [0.1, 0.15) is 38.2 Å². The minimum atomic E-state index is -0.611. The van der Waals surface area contributed by atoms with Crippen LogP contribution in [0.5, 0.6) is 5.88 Å². The molecule has 0 atom stereocenters. The molecular weight excluding hydrogens is 347 g/mol. The van der Waals surface area contributed by atoms with E-state index in [-0.39, 0.29) is 11.7 Å². The van der Waals surface area contributed by atoms with Crippen molar-refractivity contribution in [3.8, 4) is 5.88 Å². The molecule has 6 heteroatoms. The molecule has 1 amide bonds. The number of hydrogen-bond acceptors (Lipinski definition) is 4. The standard InChI is InChI=1S/C21H25FN2O3/c1-2-26-13-14-27-19-10-9-18(15-23-19)24-20(25)21(11-3-4-12-21)16-5-7-17(22)8-6-16/h5-10,15H,2-4,11-14H2,1H3,(H,24,25). The smallest absolute Gasteiger partial charge is 0.235 e. The van der Waals surface area contributed by atoms with Crippen LogP contribution in [0, 0.1) is 5.82 Å². The molecule has 1 aromatic carbocycles. The Morgan fingerprint density at radius 1 is 1.15 bits per heavy atom. The quantitative estimate of drug-likeness (QED) is 0.709. The molecule has 0 aliphatic heterocycles. The normalized spacial score (nSPS) is 15.5. The average Bonchev–Trinajstić information content (AvgIpc) is 3.18. The Balaban J connectivity index is 1.66. The van der Waals surface area contributed by atoms with E-state index in [0.717, 1.165) is 31.2 Å².